The van der Waals surface area contributed by atoms with E-state index in [1.807, 2.05) is 13.8 Å². The molecule has 0 aliphatic heterocycles. The number of non-ortho nitro benzene ring substituents is 1. The summed E-state index contributed by atoms with van der Waals surface area (Å²) in [7, 11) is 1.57. The zero-order valence-electron chi connectivity index (χ0n) is 11.2. The summed E-state index contributed by atoms with van der Waals surface area (Å²) in [6.07, 6.45) is 1.69. The van der Waals surface area contributed by atoms with Crippen LogP contribution in [0.4, 0.5) is 10.1 Å². The number of amides is 1. The molecule has 0 bridgehead atoms. The first-order valence-electron chi connectivity index (χ1n) is 6.09. The van der Waals surface area contributed by atoms with Gasteiger partial charge >= 0.3 is 0 Å². The van der Waals surface area contributed by atoms with Crippen LogP contribution in [0.2, 0.25) is 0 Å². The van der Waals surface area contributed by atoms with Crippen LogP contribution in [0.5, 0.6) is 0 Å². The Morgan fingerprint density at radius 2 is 2.16 bits per heavy atom. The Morgan fingerprint density at radius 3 is 2.68 bits per heavy atom. The lowest BCUT2D eigenvalue weighted by atomic mass is 10.1. The highest BCUT2D eigenvalue weighted by atomic mass is 19.1. The van der Waals surface area contributed by atoms with E-state index in [0.717, 1.165) is 31.0 Å². The third-order valence-corrected chi connectivity index (χ3v) is 3.08. The SMILES string of the molecule is CCCC(C)N(C)C(=O)c1cc([N+](=O)[O-])ccc1F. The Morgan fingerprint density at radius 1 is 1.53 bits per heavy atom. The lowest BCUT2D eigenvalue weighted by Crippen LogP contribution is -2.35. The van der Waals surface area contributed by atoms with Gasteiger partial charge in [-0.3, -0.25) is 14.9 Å². The first kappa shape index (κ1) is 15.1. The zero-order valence-corrected chi connectivity index (χ0v) is 11.2. The van der Waals surface area contributed by atoms with Crippen LogP contribution in [0.25, 0.3) is 0 Å². The summed E-state index contributed by atoms with van der Waals surface area (Å²) < 4.78 is 13.6. The van der Waals surface area contributed by atoms with E-state index in [0.29, 0.717) is 0 Å². The molecule has 0 aliphatic carbocycles. The smallest absolute Gasteiger partial charge is 0.270 e. The van der Waals surface area contributed by atoms with E-state index >= 15 is 0 Å². The molecular formula is C13H17FN2O3. The number of nitro groups is 1. The highest BCUT2D eigenvalue weighted by Crippen LogP contribution is 2.19. The molecule has 0 N–H and O–H groups in total. The van der Waals surface area contributed by atoms with Gasteiger partial charge in [-0.25, -0.2) is 4.39 Å². The van der Waals surface area contributed by atoms with Crippen molar-refractivity contribution in [3.05, 3.63) is 39.7 Å². The Labute approximate surface area is 111 Å². The molecule has 0 spiro atoms. The summed E-state index contributed by atoms with van der Waals surface area (Å²) in [5, 5.41) is 10.7. The van der Waals surface area contributed by atoms with Gasteiger partial charge in [-0.2, -0.15) is 0 Å². The molecule has 1 aromatic carbocycles. The standard InChI is InChI=1S/C13H17FN2O3/c1-4-5-9(2)15(3)13(17)11-8-10(16(18)19)6-7-12(11)14/h6-9H,4-5H2,1-3H3. The average Bonchev–Trinajstić information content (AvgIpc) is 2.37. The largest absolute Gasteiger partial charge is 0.339 e. The van der Waals surface area contributed by atoms with Gasteiger partial charge in [0.05, 0.1) is 10.5 Å². The Kier molecular flexibility index (Phi) is 4.97. The van der Waals surface area contributed by atoms with Crippen molar-refractivity contribution in [2.45, 2.75) is 32.7 Å². The molecule has 0 heterocycles. The molecule has 0 aliphatic rings. The minimum Gasteiger partial charge on any atom is -0.339 e. The van der Waals surface area contributed by atoms with E-state index in [-0.39, 0.29) is 17.3 Å². The van der Waals surface area contributed by atoms with Crippen molar-refractivity contribution in [2.75, 3.05) is 7.05 Å². The van der Waals surface area contributed by atoms with Crippen LogP contribution in [-0.2, 0) is 0 Å². The average molecular weight is 268 g/mol. The highest BCUT2D eigenvalue weighted by Gasteiger charge is 2.22. The summed E-state index contributed by atoms with van der Waals surface area (Å²) in [5.74, 6) is -1.28. The van der Waals surface area contributed by atoms with Crippen LogP contribution in [0.15, 0.2) is 18.2 Å². The van der Waals surface area contributed by atoms with Gasteiger partial charge in [0.25, 0.3) is 11.6 Å². The highest BCUT2D eigenvalue weighted by molar-refractivity contribution is 5.95. The van der Waals surface area contributed by atoms with E-state index in [9.17, 15) is 19.3 Å². The molecule has 0 aromatic heterocycles. The predicted octanol–water partition coefficient (Wildman–Crippen LogP) is 2.99. The molecular weight excluding hydrogens is 251 g/mol. The maximum atomic E-state index is 13.6. The van der Waals surface area contributed by atoms with Crippen LogP contribution in [0.3, 0.4) is 0 Å². The summed E-state index contributed by atoms with van der Waals surface area (Å²) in [5.41, 5.74) is -0.555. The molecule has 6 heteroatoms. The summed E-state index contributed by atoms with van der Waals surface area (Å²) in [6, 6.07) is 2.93. The molecule has 0 radical (unpaired) electrons. The van der Waals surface area contributed by atoms with Crippen molar-refractivity contribution in [3.8, 4) is 0 Å². The fourth-order valence-corrected chi connectivity index (χ4v) is 1.79. The van der Waals surface area contributed by atoms with E-state index in [1.54, 1.807) is 7.05 Å². The van der Waals surface area contributed by atoms with Crippen molar-refractivity contribution in [1.29, 1.82) is 0 Å². The fourth-order valence-electron chi connectivity index (χ4n) is 1.79. The van der Waals surface area contributed by atoms with Gasteiger partial charge in [0.2, 0.25) is 0 Å². The van der Waals surface area contributed by atoms with Gasteiger partial charge in [-0.1, -0.05) is 13.3 Å². The summed E-state index contributed by atoms with van der Waals surface area (Å²) >= 11 is 0. The van der Waals surface area contributed by atoms with Gasteiger partial charge in [0, 0.05) is 25.2 Å². The topological polar surface area (TPSA) is 63.5 Å². The van der Waals surface area contributed by atoms with Gasteiger partial charge in [0.1, 0.15) is 5.82 Å². The van der Waals surface area contributed by atoms with Crippen molar-refractivity contribution in [2.24, 2.45) is 0 Å². The molecule has 1 amide bonds. The number of nitro benzene ring substituents is 1. The molecule has 1 aromatic rings. The molecule has 0 saturated carbocycles. The minimum atomic E-state index is -0.744. The van der Waals surface area contributed by atoms with Crippen molar-refractivity contribution < 1.29 is 14.1 Å². The maximum absolute atomic E-state index is 13.6. The number of carbonyl (C=O) groups excluding carboxylic acids is 1. The van der Waals surface area contributed by atoms with Crippen LogP contribution in [0.1, 0.15) is 37.0 Å². The maximum Gasteiger partial charge on any atom is 0.270 e. The van der Waals surface area contributed by atoms with Gasteiger partial charge in [-0.05, 0) is 19.4 Å². The van der Waals surface area contributed by atoms with Crippen molar-refractivity contribution in [3.63, 3.8) is 0 Å². The van der Waals surface area contributed by atoms with Gasteiger partial charge in [0.15, 0.2) is 0 Å². The van der Waals surface area contributed by atoms with Crippen LogP contribution in [0, 0.1) is 15.9 Å². The van der Waals surface area contributed by atoms with E-state index in [2.05, 4.69) is 0 Å². The molecule has 0 fully saturated rings. The number of hydrogen-bond acceptors (Lipinski definition) is 3. The number of hydrogen-bond donors (Lipinski definition) is 0. The van der Waals surface area contributed by atoms with Crippen LogP contribution >= 0.6 is 0 Å². The molecule has 1 rings (SSSR count). The lowest BCUT2D eigenvalue weighted by molar-refractivity contribution is -0.384. The number of rotatable bonds is 5. The summed E-state index contributed by atoms with van der Waals surface area (Å²) in [6.45, 7) is 3.85. The number of carbonyl (C=O) groups is 1. The second kappa shape index (κ2) is 6.26. The Bertz CT molecular complexity index is 491. The third-order valence-electron chi connectivity index (χ3n) is 3.08. The van der Waals surface area contributed by atoms with Crippen molar-refractivity contribution >= 4 is 11.6 Å². The second-order valence-electron chi connectivity index (χ2n) is 4.48. The minimum absolute atomic E-state index is 0.0452. The van der Waals surface area contributed by atoms with E-state index < -0.39 is 16.6 Å². The van der Waals surface area contributed by atoms with E-state index in [1.165, 1.54) is 4.90 Å². The third kappa shape index (κ3) is 3.49. The van der Waals surface area contributed by atoms with E-state index in [4.69, 9.17) is 0 Å². The molecule has 1 unspecified atom stereocenters. The molecule has 19 heavy (non-hydrogen) atoms. The molecule has 0 saturated heterocycles. The molecule has 104 valence electrons. The quantitative estimate of drug-likeness (QED) is 0.609. The van der Waals surface area contributed by atoms with Gasteiger partial charge in [-0.15, -0.1) is 0 Å². The Balaban J connectivity index is 3.04. The van der Waals surface area contributed by atoms with Gasteiger partial charge < -0.3 is 4.90 Å². The monoisotopic (exact) mass is 268 g/mol. The van der Waals surface area contributed by atoms with Crippen LogP contribution < -0.4 is 0 Å². The Hall–Kier alpha value is -1.98. The molecule has 1 atom stereocenters. The predicted molar refractivity (Wildman–Crippen MR) is 69.5 cm³/mol. The number of halogens is 1. The fraction of sp³-hybridized carbons (Fsp3) is 0.462. The van der Waals surface area contributed by atoms with Crippen molar-refractivity contribution in [1.82, 2.24) is 4.90 Å². The zero-order chi connectivity index (χ0) is 14.6. The lowest BCUT2D eigenvalue weighted by Gasteiger charge is -2.24. The second-order valence-corrected chi connectivity index (χ2v) is 4.48. The summed E-state index contributed by atoms with van der Waals surface area (Å²) in [4.78, 5) is 23.5. The number of benzene rings is 1. The molecule has 5 nitrogen and oxygen atoms in total. The normalized spacial score (nSPS) is 12.0. The number of nitrogens with zero attached hydrogens (tertiary/aromatic N) is 2. The first-order valence-corrected chi connectivity index (χ1v) is 6.09. The first-order chi connectivity index (χ1) is 8.88. The van der Waals surface area contributed by atoms with Crippen LogP contribution in [-0.4, -0.2) is 28.8 Å².